The first-order valence-corrected chi connectivity index (χ1v) is 11.9. The van der Waals surface area contributed by atoms with E-state index in [1.54, 1.807) is 28.4 Å². The number of H-pyrrole nitrogens is 1. The Balaban J connectivity index is 1.38. The lowest BCUT2D eigenvalue weighted by atomic mass is 10.3. The Labute approximate surface area is 201 Å². The molecule has 1 aliphatic heterocycles. The molecule has 6 rings (SSSR count). The number of anilines is 2. The number of benzene rings is 1. The summed E-state index contributed by atoms with van der Waals surface area (Å²) in [5, 5.41) is 10.8. The van der Waals surface area contributed by atoms with Gasteiger partial charge in [0.15, 0.2) is 5.65 Å². The number of nitrogens with zero attached hydrogens (tertiary/aromatic N) is 7. The molecule has 1 aromatic carbocycles. The highest BCUT2D eigenvalue weighted by Crippen LogP contribution is 2.28. The summed E-state index contributed by atoms with van der Waals surface area (Å²) < 4.78 is 7.18. The summed E-state index contributed by atoms with van der Waals surface area (Å²) in [7, 11) is 0. The topological polar surface area (TPSA) is 109 Å². The first-order valence-electron chi connectivity index (χ1n) is 10.2. The molecule has 0 bridgehead atoms. The van der Waals surface area contributed by atoms with E-state index >= 15 is 0 Å². The summed E-state index contributed by atoms with van der Waals surface area (Å²) in [6.45, 7) is 3.12. The van der Waals surface area contributed by atoms with Gasteiger partial charge in [-0.05, 0) is 12.1 Å². The largest absolute Gasteiger partial charge is 0.378 e. The Morgan fingerprint density at radius 3 is 2.79 bits per heavy atom. The Morgan fingerprint density at radius 2 is 1.97 bits per heavy atom. The molecule has 0 saturated carbocycles. The van der Waals surface area contributed by atoms with Crippen LogP contribution in [0.1, 0.15) is 5.82 Å². The zero-order valence-corrected chi connectivity index (χ0v) is 19.5. The van der Waals surface area contributed by atoms with E-state index in [4.69, 9.17) is 37.9 Å². The molecule has 0 aliphatic carbocycles. The van der Waals surface area contributed by atoms with Gasteiger partial charge in [0, 0.05) is 18.5 Å². The van der Waals surface area contributed by atoms with E-state index in [0.29, 0.717) is 47.3 Å². The number of hydrogen-bond acceptors (Lipinski definition) is 9. The standard InChI is InChI=1S/C20H17Cl2N9OS/c21-12-5-14-15(6-13(12)22)27-17(26-14)8-23-19-29-20(30-1-3-32-4-2-30)28-18-11(7-25-31(18)19)16-9-33-10-24-16/h5-7,9-10H,1-4,8H2,(H,26,27)(H,23,28,29). The Morgan fingerprint density at radius 1 is 1.12 bits per heavy atom. The summed E-state index contributed by atoms with van der Waals surface area (Å²) in [5.74, 6) is 1.89. The normalized spacial score (nSPS) is 14.4. The molecule has 13 heteroatoms. The summed E-state index contributed by atoms with van der Waals surface area (Å²) in [6.07, 6.45) is 1.76. The monoisotopic (exact) mass is 501 g/mol. The lowest BCUT2D eigenvalue weighted by Gasteiger charge is -2.27. The predicted molar refractivity (Wildman–Crippen MR) is 128 cm³/mol. The Kier molecular flexibility index (Phi) is 5.25. The van der Waals surface area contributed by atoms with Crippen molar-refractivity contribution in [3.63, 3.8) is 0 Å². The van der Waals surface area contributed by atoms with Gasteiger partial charge < -0.3 is 19.9 Å². The van der Waals surface area contributed by atoms with E-state index in [-0.39, 0.29) is 0 Å². The number of hydrogen-bond donors (Lipinski definition) is 2. The number of thiazole rings is 1. The number of ether oxygens (including phenoxy) is 1. The predicted octanol–water partition coefficient (Wildman–Crippen LogP) is 3.88. The molecule has 0 atom stereocenters. The van der Waals surface area contributed by atoms with E-state index in [2.05, 4.69) is 30.3 Å². The highest BCUT2D eigenvalue weighted by molar-refractivity contribution is 7.07. The van der Waals surface area contributed by atoms with Crippen LogP contribution in [-0.2, 0) is 11.3 Å². The molecular formula is C20H17Cl2N9OS. The fourth-order valence-electron chi connectivity index (χ4n) is 3.72. The van der Waals surface area contributed by atoms with E-state index in [0.717, 1.165) is 41.2 Å². The molecule has 168 valence electrons. The quantitative estimate of drug-likeness (QED) is 0.373. The maximum Gasteiger partial charge on any atom is 0.230 e. The third-order valence-electron chi connectivity index (χ3n) is 5.35. The third kappa shape index (κ3) is 3.86. The summed E-state index contributed by atoms with van der Waals surface area (Å²) in [6, 6.07) is 3.51. The minimum absolute atomic E-state index is 0.393. The zero-order chi connectivity index (χ0) is 22.4. The second kappa shape index (κ2) is 8.41. The minimum Gasteiger partial charge on any atom is -0.378 e. The van der Waals surface area contributed by atoms with Crippen molar-refractivity contribution >= 4 is 63.1 Å². The number of halogens is 2. The molecular weight excluding hydrogens is 485 g/mol. The van der Waals surface area contributed by atoms with Crippen LogP contribution in [-0.4, -0.2) is 60.8 Å². The summed E-state index contributed by atoms with van der Waals surface area (Å²) in [4.78, 5) is 24.0. The van der Waals surface area contributed by atoms with Gasteiger partial charge >= 0.3 is 0 Å². The van der Waals surface area contributed by atoms with Crippen molar-refractivity contribution < 1.29 is 4.74 Å². The first-order chi connectivity index (χ1) is 16.2. The van der Waals surface area contributed by atoms with Gasteiger partial charge in [0.2, 0.25) is 11.9 Å². The number of rotatable bonds is 5. The van der Waals surface area contributed by atoms with Crippen molar-refractivity contribution in [2.75, 3.05) is 36.5 Å². The first kappa shape index (κ1) is 20.6. The van der Waals surface area contributed by atoms with Crippen molar-refractivity contribution in [3.05, 3.63) is 45.1 Å². The number of fused-ring (bicyclic) bond motifs is 2. The number of aromatic nitrogens is 7. The number of nitrogens with one attached hydrogen (secondary N) is 2. The van der Waals surface area contributed by atoms with Crippen LogP contribution in [0.3, 0.4) is 0 Å². The van der Waals surface area contributed by atoms with Gasteiger partial charge in [0.1, 0.15) is 5.82 Å². The molecule has 1 saturated heterocycles. The molecule has 1 aliphatic rings. The van der Waals surface area contributed by atoms with E-state index < -0.39 is 0 Å². The van der Waals surface area contributed by atoms with Crippen molar-refractivity contribution in [1.29, 1.82) is 0 Å². The molecule has 0 unspecified atom stereocenters. The van der Waals surface area contributed by atoms with Crippen molar-refractivity contribution in [3.8, 4) is 11.3 Å². The van der Waals surface area contributed by atoms with Gasteiger partial charge in [-0.2, -0.15) is 19.6 Å². The zero-order valence-electron chi connectivity index (χ0n) is 17.1. The van der Waals surface area contributed by atoms with Crippen LogP contribution in [0.15, 0.2) is 29.2 Å². The van der Waals surface area contributed by atoms with Crippen LogP contribution in [0.4, 0.5) is 11.9 Å². The van der Waals surface area contributed by atoms with Gasteiger partial charge in [-0.3, -0.25) is 0 Å². The number of aromatic amines is 1. The van der Waals surface area contributed by atoms with E-state index in [9.17, 15) is 0 Å². The molecule has 33 heavy (non-hydrogen) atoms. The Bertz CT molecular complexity index is 1400. The molecule has 2 N–H and O–H groups in total. The molecule has 0 radical (unpaired) electrons. The third-order valence-corrected chi connectivity index (χ3v) is 6.65. The molecule has 1 fully saturated rings. The van der Waals surface area contributed by atoms with Crippen LogP contribution in [0.25, 0.3) is 27.9 Å². The molecule has 0 amide bonds. The molecule has 5 aromatic rings. The second-order valence-electron chi connectivity index (χ2n) is 7.43. The van der Waals surface area contributed by atoms with Crippen LogP contribution in [0.5, 0.6) is 0 Å². The van der Waals surface area contributed by atoms with Gasteiger partial charge in [0.25, 0.3) is 0 Å². The van der Waals surface area contributed by atoms with Crippen LogP contribution in [0.2, 0.25) is 10.0 Å². The van der Waals surface area contributed by atoms with Crippen molar-refractivity contribution in [2.24, 2.45) is 0 Å². The van der Waals surface area contributed by atoms with Gasteiger partial charge in [-0.25, -0.2) is 9.97 Å². The lowest BCUT2D eigenvalue weighted by Crippen LogP contribution is -2.37. The maximum absolute atomic E-state index is 6.13. The minimum atomic E-state index is 0.393. The SMILES string of the molecule is Clc1cc2nc(CNc3nc(N4CCOCC4)nc4c(-c5cscn5)cnn34)[nH]c2cc1Cl. The second-order valence-corrected chi connectivity index (χ2v) is 8.97. The average Bonchev–Trinajstić information content (AvgIpc) is 3.58. The fraction of sp³-hybridized carbons (Fsp3) is 0.250. The average molecular weight is 502 g/mol. The van der Waals surface area contributed by atoms with Crippen molar-refractivity contribution in [1.82, 2.24) is 34.5 Å². The number of imidazole rings is 1. The highest BCUT2D eigenvalue weighted by Gasteiger charge is 2.20. The number of morpholine rings is 1. The summed E-state index contributed by atoms with van der Waals surface area (Å²) >= 11 is 13.8. The van der Waals surface area contributed by atoms with Crippen molar-refractivity contribution in [2.45, 2.75) is 6.54 Å². The molecule has 4 aromatic heterocycles. The molecule has 10 nitrogen and oxygen atoms in total. The van der Waals surface area contributed by atoms with E-state index in [1.165, 1.54) is 11.3 Å². The van der Waals surface area contributed by atoms with Gasteiger partial charge in [0.05, 0.1) is 63.8 Å². The van der Waals surface area contributed by atoms with Crippen LogP contribution >= 0.6 is 34.5 Å². The lowest BCUT2D eigenvalue weighted by molar-refractivity contribution is 0.122. The van der Waals surface area contributed by atoms with E-state index in [1.807, 2.05) is 5.38 Å². The maximum atomic E-state index is 6.13. The van der Waals surface area contributed by atoms with Crippen LogP contribution < -0.4 is 10.2 Å². The highest BCUT2D eigenvalue weighted by atomic mass is 35.5. The molecule has 0 spiro atoms. The van der Waals surface area contributed by atoms with Crippen LogP contribution in [0, 0.1) is 0 Å². The fourth-order valence-corrected chi connectivity index (χ4v) is 4.59. The van der Waals surface area contributed by atoms with Gasteiger partial charge in [-0.1, -0.05) is 23.2 Å². The summed E-state index contributed by atoms with van der Waals surface area (Å²) in [5.41, 5.74) is 5.72. The van der Waals surface area contributed by atoms with Gasteiger partial charge in [-0.15, -0.1) is 11.3 Å². The Hall–Kier alpha value is -2.99. The smallest absolute Gasteiger partial charge is 0.230 e. The molecule has 5 heterocycles.